The van der Waals surface area contributed by atoms with Gasteiger partial charge in [0, 0.05) is 11.9 Å². The van der Waals surface area contributed by atoms with E-state index in [0.717, 1.165) is 16.5 Å². The quantitative estimate of drug-likeness (QED) is 0.774. The van der Waals surface area contributed by atoms with Gasteiger partial charge in [-0.1, -0.05) is 40.2 Å². The Balaban J connectivity index is 2.86. The molecule has 0 bridgehead atoms. The molecule has 0 aliphatic carbocycles. The lowest BCUT2D eigenvalue weighted by molar-refractivity contribution is 0.186. The molecule has 0 amide bonds. The fourth-order valence-corrected chi connectivity index (χ4v) is 1.37. The molecule has 0 radical (unpaired) electrons. The highest BCUT2D eigenvalue weighted by Gasteiger charge is 2.04. The minimum absolute atomic E-state index is 0.270. The normalized spacial score (nSPS) is 12.9. The van der Waals surface area contributed by atoms with Gasteiger partial charge in [0.05, 0.1) is 6.10 Å². The Bertz CT molecular complexity index is 252. The van der Waals surface area contributed by atoms with Gasteiger partial charge in [0.2, 0.25) is 0 Å². The first-order valence-corrected chi connectivity index (χ1v) is 4.93. The average molecular weight is 230 g/mol. The molecule has 1 aromatic rings. The first kappa shape index (κ1) is 9.71. The van der Waals surface area contributed by atoms with Gasteiger partial charge in [0.15, 0.2) is 0 Å². The van der Waals surface area contributed by atoms with Crippen LogP contribution in [0.4, 0.5) is 0 Å². The predicted octanol–water partition coefficient (Wildman–Crippen LogP) is 1.57. The first-order chi connectivity index (χ1) is 5.77. The predicted molar refractivity (Wildman–Crippen MR) is 53.1 cm³/mol. The summed E-state index contributed by atoms with van der Waals surface area (Å²) in [6.07, 6.45) is -0.538. The van der Waals surface area contributed by atoms with Crippen LogP contribution in [0.1, 0.15) is 17.2 Å². The number of alkyl halides is 1. The van der Waals surface area contributed by atoms with E-state index in [2.05, 4.69) is 15.9 Å². The van der Waals surface area contributed by atoms with Gasteiger partial charge in [-0.2, -0.15) is 0 Å². The molecule has 2 nitrogen and oxygen atoms in total. The van der Waals surface area contributed by atoms with Crippen molar-refractivity contribution >= 4 is 15.9 Å². The molecular weight excluding hydrogens is 218 g/mol. The van der Waals surface area contributed by atoms with Gasteiger partial charge in [-0.15, -0.1) is 0 Å². The summed E-state index contributed by atoms with van der Waals surface area (Å²) in [5, 5.41) is 10.2. The largest absolute Gasteiger partial charge is 0.387 e. The number of benzene rings is 1. The molecule has 0 aliphatic heterocycles. The van der Waals surface area contributed by atoms with E-state index in [1.54, 1.807) is 0 Å². The Morgan fingerprint density at radius 1 is 1.50 bits per heavy atom. The van der Waals surface area contributed by atoms with Gasteiger partial charge in [-0.25, -0.2) is 0 Å². The smallest absolute Gasteiger partial charge is 0.0912 e. The monoisotopic (exact) mass is 229 g/mol. The Morgan fingerprint density at radius 3 is 2.83 bits per heavy atom. The van der Waals surface area contributed by atoms with Crippen molar-refractivity contribution in [3.63, 3.8) is 0 Å². The number of nitrogens with two attached hydrogens (primary N) is 1. The number of halogens is 1. The number of hydrogen-bond donors (Lipinski definition) is 2. The highest BCUT2D eigenvalue weighted by molar-refractivity contribution is 9.08. The third-order valence-corrected chi connectivity index (χ3v) is 2.36. The van der Waals surface area contributed by atoms with Crippen LogP contribution in [0.25, 0.3) is 0 Å². The maximum absolute atomic E-state index is 9.41. The Morgan fingerprint density at radius 2 is 2.25 bits per heavy atom. The summed E-state index contributed by atoms with van der Waals surface area (Å²) < 4.78 is 0. The van der Waals surface area contributed by atoms with Crippen LogP contribution in [0.2, 0.25) is 0 Å². The summed E-state index contributed by atoms with van der Waals surface area (Å²) >= 11 is 3.35. The van der Waals surface area contributed by atoms with E-state index in [1.807, 2.05) is 24.3 Å². The van der Waals surface area contributed by atoms with Crippen LogP contribution >= 0.6 is 15.9 Å². The Labute approximate surface area is 80.5 Å². The van der Waals surface area contributed by atoms with Crippen molar-refractivity contribution in [1.82, 2.24) is 0 Å². The summed E-state index contributed by atoms with van der Waals surface area (Å²) in [6.45, 7) is 0.270. The molecule has 0 spiro atoms. The zero-order valence-electron chi connectivity index (χ0n) is 6.70. The lowest BCUT2D eigenvalue weighted by Gasteiger charge is -2.08. The van der Waals surface area contributed by atoms with Gasteiger partial charge < -0.3 is 10.8 Å². The molecule has 12 heavy (non-hydrogen) atoms. The minimum Gasteiger partial charge on any atom is -0.387 e. The third-order valence-electron chi connectivity index (χ3n) is 1.71. The summed E-state index contributed by atoms with van der Waals surface area (Å²) in [5.74, 6) is 0. The molecule has 0 aromatic heterocycles. The van der Waals surface area contributed by atoms with E-state index in [1.165, 1.54) is 0 Å². The van der Waals surface area contributed by atoms with Crippen molar-refractivity contribution in [2.45, 2.75) is 11.4 Å². The van der Waals surface area contributed by atoms with Gasteiger partial charge in [-0.05, 0) is 11.1 Å². The third kappa shape index (κ3) is 2.30. The number of aliphatic hydroxyl groups excluding tert-OH is 1. The summed E-state index contributed by atoms with van der Waals surface area (Å²) in [7, 11) is 0. The number of aliphatic hydroxyl groups is 1. The topological polar surface area (TPSA) is 46.2 Å². The fourth-order valence-electron chi connectivity index (χ4n) is 1.02. The minimum atomic E-state index is -0.538. The van der Waals surface area contributed by atoms with Gasteiger partial charge in [0.1, 0.15) is 0 Å². The van der Waals surface area contributed by atoms with Crippen molar-refractivity contribution in [3.05, 3.63) is 35.4 Å². The second-order valence-electron chi connectivity index (χ2n) is 2.63. The van der Waals surface area contributed by atoms with Gasteiger partial charge in [-0.3, -0.25) is 0 Å². The molecule has 1 rings (SSSR count). The summed E-state index contributed by atoms with van der Waals surface area (Å²) in [4.78, 5) is 0. The molecule has 3 N–H and O–H groups in total. The SMILES string of the molecule is NCC(O)c1cccc(CBr)c1. The Hall–Kier alpha value is -0.380. The van der Waals surface area contributed by atoms with E-state index in [4.69, 9.17) is 5.73 Å². The van der Waals surface area contributed by atoms with Gasteiger partial charge >= 0.3 is 0 Å². The van der Waals surface area contributed by atoms with Crippen LogP contribution in [0, 0.1) is 0 Å². The second kappa shape index (κ2) is 4.60. The average Bonchev–Trinajstić information content (AvgIpc) is 2.17. The van der Waals surface area contributed by atoms with Crippen LogP contribution in [-0.2, 0) is 5.33 Å². The van der Waals surface area contributed by atoms with Crippen molar-refractivity contribution in [2.75, 3.05) is 6.54 Å². The van der Waals surface area contributed by atoms with Crippen molar-refractivity contribution in [2.24, 2.45) is 5.73 Å². The zero-order chi connectivity index (χ0) is 8.97. The van der Waals surface area contributed by atoms with E-state index >= 15 is 0 Å². The van der Waals surface area contributed by atoms with Crippen molar-refractivity contribution < 1.29 is 5.11 Å². The van der Waals surface area contributed by atoms with Crippen LogP contribution in [-0.4, -0.2) is 11.7 Å². The summed E-state index contributed by atoms with van der Waals surface area (Å²) in [6, 6.07) is 7.75. The molecule has 0 aliphatic rings. The molecule has 0 heterocycles. The molecule has 0 fully saturated rings. The molecule has 1 aromatic carbocycles. The molecule has 3 heteroatoms. The molecule has 66 valence electrons. The highest BCUT2D eigenvalue weighted by atomic mass is 79.9. The van der Waals surface area contributed by atoms with Crippen LogP contribution in [0.15, 0.2) is 24.3 Å². The van der Waals surface area contributed by atoms with E-state index in [-0.39, 0.29) is 6.54 Å². The molecule has 0 saturated heterocycles. The first-order valence-electron chi connectivity index (χ1n) is 3.81. The molecule has 1 unspecified atom stereocenters. The van der Waals surface area contributed by atoms with Crippen molar-refractivity contribution in [1.29, 1.82) is 0 Å². The van der Waals surface area contributed by atoms with Crippen LogP contribution in [0.5, 0.6) is 0 Å². The maximum Gasteiger partial charge on any atom is 0.0912 e. The molecule has 0 saturated carbocycles. The van der Waals surface area contributed by atoms with Crippen LogP contribution in [0.3, 0.4) is 0 Å². The Kier molecular flexibility index (Phi) is 3.72. The second-order valence-corrected chi connectivity index (χ2v) is 3.19. The fraction of sp³-hybridized carbons (Fsp3) is 0.333. The highest BCUT2D eigenvalue weighted by Crippen LogP contribution is 2.14. The summed E-state index contributed by atoms with van der Waals surface area (Å²) in [5.41, 5.74) is 7.37. The van der Waals surface area contributed by atoms with Crippen LogP contribution < -0.4 is 5.73 Å². The maximum atomic E-state index is 9.41. The standard InChI is InChI=1S/C9H12BrNO/c10-5-7-2-1-3-8(4-7)9(12)6-11/h1-4,9,12H,5-6,11H2. The molecule has 1 atom stereocenters. The zero-order valence-corrected chi connectivity index (χ0v) is 8.29. The van der Waals surface area contributed by atoms with E-state index in [9.17, 15) is 5.11 Å². The van der Waals surface area contributed by atoms with Crippen molar-refractivity contribution in [3.8, 4) is 0 Å². The van der Waals surface area contributed by atoms with Gasteiger partial charge in [0.25, 0.3) is 0 Å². The van der Waals surface area contributed by atoms with E-state index < -0.39 is 6.10 Å². The lowest BCUT2D eigenvalue weighted by atomic mass is 10.1. The van der Waals surface area contributed by atoms with E-state index in [0.29, 0.717) is 0 Å². The number of hydrogen-bond acceptors (Lipinski definition) is 2. The molecular formula is C9H12BrNO. The lowest BCUT2D eigenvalue weighted by Crippen LogP contribution is -2.11. The number of rotatable bonds is 3.